The molecule has 0 aromatic heterocycles. The molecule has 0 saturated heterocycles. The maximum Gasteiger partial charge on any atom is 1.00 e. The topological polar surface area (TPSA) is 0 Å². The zero-order valence-corrected chi connectivity index (χ0v) is 8.96. The summed E-state index contributed by atoms with van der Waals surface area (Å²) in [5.41, 5.74) is 1.50. The molecule has 0 nitrogen and oxygen atoms in total. The van der Waals surface area contributed by atoms with Crippen LogP contribution in [-0.4, -0.2) is 0 Å². The predicted octanol–water partition coefficient (Wildman–Crippen LogP) is 0.527. The van der Waals surface area contributed by atoms with Crippen LogP contribution in [0.3, 0.4) is 0 Å². The zero-order chi connectivity index (χ0) is 8.43. The van der Waals surface area contributed by atoms with Crippen LogP contribution < -0.4 is 18.9 Å². The summed E-state index contributed by atoms with van der Waals surface area (Å²) in [4.78, 5) is 0. The molecule has 0 aromatic rings. The van der Waals surface area contributed by atoms with Crippen LogP contribution in [0.5, 0.6) is 0 Å². The third kappa shape index (κ3) is 2.85. The standard InChI is InChI=1S/C11H18.Li.H/c1-8(2)10-5-6-11(7-10)9(3)4;;/h5-10H,1-4H3;;/q;+1;-1. The average Bonchev–Trinajstić information content (AvgIpc) is 2.33. The molecule has 1 aliphatic rings. The van der Waals surface area contributed by atoms with Gasteiger partial charge in [-0.2, -0.15) is 0 Å². The second-order valence-corrected chi connectivity index (χ2v) is 4.00. The van der Waals surface area contributed by atoms with E-state index in [0.29, 0.717) is 11.8 Å². The molecule has 0 saturated carbocycles. The first-order chi connectivity index (χ1) is 5.11. The molecule has 0 spiro atoms. The van der Waals surface area contributed by atoms with E-state index >= 15 is 0 Å². The summed E-state index contributed by atoms with van der Waals surface area (Å²) in [6.45, 7) is 9.04. The molecule has 1 aliphatic carbocycles. The van der Waals surface area contributed by atoms with E-state index in [2.05, 4.69) is 45.9 Å². The molecular formula is C11H19Li. The van der Waals surface area contributed by atoms with E-state index in [1.54, 1.807) is 0 Å². The molecule has 0 N–H and O–H groups in total. The average molecular weight is 158 g/mol. The molecule has 1 rings (SSSR count). The number of hydrogen-bond donors (Lipinski definition) is 0. The fourth-order valence-corrected chi connectivity index (χ4v) is 1.36. The molecular weight excluding hydrogens is 139 g/mol. The minimum atomic E-state index is 0. The van der Waals surface area contributed by atoms with E-state index in [9.17, 15) is 0 Å². The summed E-state index contributed by atoms with van der Waals surface area (Å²) in [5.74, 6) is 2.13. The second kappa shape index (κ2) is 4.95. The fourth-order valence-electron chi connectivity index (χ4n) is 1.36. The van der Waals surface area contributed by atoms with Gasteiger partial charge in [0.25, 0.3) is 0 Å². The van der Waals surface area contributed by atoms with E-state index in [0.717, 1.165) is 5.92 Å². The van der Waals surface area contributed by atoms with E-state index in [1.165, 1.54) is 5.57 Å². The third-order valence-corrected chi connectivity index (χ3v) is 2.33. The summed E-state index contributed by atoms with van der Waals surface area (Å²) < 4.78 is 0. The van der Waals surface area contributed by atoms with Gasteiger partial charge in [0.2, 0.25) is 0 Å². The van der Waals surface area contributed by atoms with Crippen molar-refractivity contribution in [1.29, 1.82) is 0 Å². The molecule has 0 aliphatic heterocycles. The Morgan fingerprint density at radius 3 is 2.08 bits per heavy atom. The largest absolute Gasteiger partial charge is 1.00 e. The second-order valence-electron chi connectivity index (χ2n) is 4.00. The molecule has 64 valence electrons. The van der Waals surface area contributed by atoms with E-state index in [1.807, 2.05) is 0 Å². The Morgan fingerprint density at radius 1 is 1.25 bits per heavy atom. The number of allylic oxidation sites excluding steroid dienone is 4. The van der Waals surface area contributed by atoms with Crippen LogP contribution in [-0.2, 0) is 0 Å². The Morgan fingerprint density at radius 2 is 1.83 bits per heavy atom. The van der Waals surface area contributed by atoms with Crippen molar-refractivity contribution in [3.63, 3.8) is 0 Å². The molecule has 1 heteroatoms. The van der Waals surface area contributed by atoms with Crippen LogP contribution in [0.25, 0.3) is 0 Å². The molecule has 0 aromatic carbocycles. The van der Waals surface area contributed by atoms with Crippen molar-refractivity contribution in [2.75, 3.05) is 0 Å². The van der Waals surface area contributed by atoms with Crippen LogP contribution in [0.4, 0.5) is 0 Å². The van der Waals surface area contributed by atoms with Crippen molar-refractivity contribution in [1.82, 2.24) is 0 Å². The van der Waals surface area contributed by atoms with Gasteiger partial charge in [0.1, 0.15) is 0 Å². The summed E-state index contributed by atoms with van der Waals surface area (Å²) in [5, 5.41) is 0. The molecule has 1 atom stereocenters. The van der Waals surface area contributed by atoms with E-state index < -0.39 is 0 Å². The van der Waals surface area contributed by atoms with Gasteiger partial charge in [-0.25, -0.2) is 0 Å². The first kappa shape index (κ1) is 12.1. The Balaban J connectivity index is 0. The van der Waals surface area contributed by atoms with Gasteiger partial charge in [-0.3, -0.25) is 0 Å². The quantitative estimate of drug-likeness (QED) is 0.514. The van der Waals surface area contributed by atoms with Crippen LogP contribution in [0.15, 0.2) is 23.8 Å². The smallest absolute Gasteiger partial charge is 1.00 e. The van der Waals surface area contributed by atoms with Gasteiger partial charge in [0, 0.05) is 0 Å². The van der Waals surface area contributed by atoms with Gasteiger partial charge in [0.15, 0.2) is 0 Å². The summed E-state index contributed by atoms with van der Waals surface area (Å²) in [6, 6.07) is 0. The maximum absolute atomic E-state index is 2.40. The third-order valence-electron chi connectivity index (χ3n) is 2.33. The van der Waals surface area contributed by atoms with Gasteiger partial charge in [0.05, 0.1) is 0 Å². The molecule has 12 heavy (non-hydrogen) atoms. The monoisotopic (exact) mass is 158 g/mol. The summed E-state index contributed by atoms with van der Waals surface area (Å²) >= 11 is 0. The first-order valence-electron chi connectivity index (χ1n) is 4.51. The van der Waals surface area contributed by atoms with Crippen molar-refractivity contribution in [2.24, 2.45) is 17.8 Å². The molecule has 1 unspecified atom stereocenters. The van der Waals surface area contributed by atoms with Crippen LogP contribution >= 0.6 is 0 Å². The van der Waals surface area contributed by atoms with Gasteiger partial charge in [-0.15, -0.1) is 0 Å². The zero-order valence-electron chi connectivity index (χ0n) is 9.96. The van der Waals surface area contributed by atoms with Crippen LogP contribution in [0.2, 0.25) is 0 Å². The van der Waals surface area contributed by atoms with Crippen LogP contribution in [0, 0.1) is 17.8 Å². The van der Waals surface area contributed by atoms with Gasteiger partial charge < -0.3 is 1.43 Å². The molecule has 0 heterocycles. The van der Waals surface area contributed by atoms with Crippen molar-refractivity contribution in [3.05, 3.63) is 23.8 Å². The van der Waals surface area contributed by atoms with Crippen molar-refractivity contribution < 1.29 is 20.3 Å². The molecule has 0 bridgehead atoms. The number of hydrogen-bond acceptors (Lipinski definition) is 0. The van der Waals surface area contributed by atoms with Gasteiger partial charge in [-0.1, -0.05) is 45.9 Å². The van der Waals surface area contributed by atoms with Gasteiger partial charge >= 0.3 is 18.9 Å². The Bertz CT molecular complexity index is 192. The normalized spacial score (nSPS) is 21.5. The SMILES string of the molecule is CC(C)C1=CC(C(C)C)C=C1.[H-].[Li+]. The van der Waals surface area contributed by atoms with E-state index in [4.69, 9.17) is 0 Å². The summed E-state index contributed by atoms with van der Waals surface area (Å²) in [6.07, 6.45) is 6.99. The van der Waals surface area contributed by atoms with Crippen LogP contribution in [0.1, 0.15) is 29.1 Å². The van der Waals surface area contributed by atoms with Gasteiger partial charge in [-0.05, 0) is 23.3 Å². The fraction of sp³-hybridized carbons (Fsp3) is 0.636. The van der Waals surface area contributed by atoms with Crippen molar-refractivity contribution >= 4 is 0 Å². The molecule has 0 amide bonds. The minimum absolute atomic E-state index is 0. The van der Waals surface area contributed by atoms with Crippen molar-refractivity contribution in [3.8, 4) is 0 Å². The van der Waals surface area contributed by atoms with E-state index in [-0.39, 0.29) is 20.3 Å². The minimum Gasteiger partial charge on any atom is -1.00 e. The molecule has 0 fully saturated rings. The first-order valence-corrected chi connectivity index (χ1v) is 4.51. The molecule has 0 radical (unpaired) electrons. The number of rotatable bonds is 2. The van der Waals surface area contributed by atoms with Crippen molar-refractivity contribution in [2.45, 2.75) is 27.7 Å². The Labute approximate surface area is 89.8 Å². The maximum atomic E-state index is 2.40. The Kier molecular flexibility index (Phi) is 4.98. The summed E-state index contributed by atoms with van der Waals surface area (Å²) in [7, 11) is 0. The Hall–Kier alpha value is 0.0774. The predicted molar refractivity (Wildman–Crippen MR) is 51.5 cm³/mol.